The molecule has 1 aromatic heterocycles. The number of carbonyl (C=O) groups excluding carboxylic acids is 1. The van der Waals surface area contributed by atoms with Crippen LogP contribution in [0.3, 0.4) is 0 Å². The average molecular weight is 211 g/mol. The lowest BCUT2D eigenvalue weighted by Gasteiger charge is -2.12. The molecule has 0 aliphatic rings. The molecule has 1 rings (SSSR count). The van der Waals surface area contributed by atoms with Gasteiger partial charge in [-0.15, -0.1) is 0 Å². The molecule has 1 atom stereocenters. The molecule has 0 aromatic carbocycles. The fourth-order valence-electron chi connectivity index (χ4n) is 1.01. The van der Waals surface area contributed by atoms with Gasteiger partial charge in [0, 0.05) is 6.07 Å². The Morgan fingerprint density at radius 2 is 2.40 bits per heavy atom. The summed E-state index contributed by atoms with van der Waals surface area (Å²) in [6.07, 6.45) is 0.631. The molecule has 6 heteroatoms. The van der Waals surface area contributed by atoms with E-state index in [4.69, 9.17) is 5.11 Å². The first-order chi connectivity index (χ1) is 7.17. The van der Waals surface area contributed by atoms with Crippen LogP contribution in [0.4, 0.5) is 0 Å². The number of nitrogens with zero attached hydrogens (tertiary/aromatic N) is 1. The molecule has 0 bridgehead atoms. The van der Waals surface area contributed by atoms with Crippen molar-refractivity contribution in [1.29, 1.82) is 0 Å². The summed E-state index contributed by atoms with van der Waals surface area (Å²) in [4.78, 5) is 22.2. The molecule has 0 spiro atoms. The van der Waals surface area contributed by atoms with Gasteiger partial charge in [0.05, 0.1) is 12.6 Å². The van der Waals surface area contributed by atoms with E-state index in [2.05, 4.69) is 15.5 Å². The third kappa shape index (κ3) is 3.17. The zero-order chi connectivity index (χ0) is 11.3. The van der Waals surface area contributed by atoms with Gasteiger partial charge in [0.2, 0.25) is 0 Å². The second kappa shape index (κ2) is 5.26. The Kier molecular flexibility index (Phi) is 3.99. The molecule has 3 N–H and O–H groups in total. The van der Waals surface area contributed by atoms with Gasteiger partial charge in [0.15, 0.2) is 0 Å². The Bertz CT molecular complexity index is 364. The lowest BCUT2D eigenvalue weighted by atomic mass is 10.2. The summed E-state index contributed by atoms with van der Waals surface area (Å²) < 4.78 is 0. The first-order valence-corrected chi connectivity index (χ1v) is 4.64. The number of aromatic nitrogens is 2. The fraction of sp³-hybridized carbons (Fsp3) is 0.444. The molecule has 0 fully saturated rings. The highest BCUT2D eigenvalue weighted by Crippen LogP contribution is 1.93. The summed E-state index contributed by atoms with van der Waals surface area (Å²) in [6, 6.07) is 2.27. The standard InChI is InChI=1S/C9H13N3O3/c1-2-6(5-13)10-9(15)7-3-4-8(14)12-11-7/h3-4,6,13H,2,5H2,1H3,(H,10,15)(H,12,14). The molecular formula is C9H13N3O3. The number of H-pyrrole nitrogens is 1. The third-order valence-electron chi connectivity index (χ3n) is 1.96. The number of carbonyl (C=O) groups is 1. The summed E-state index contributed by atoms with van der Waals surface area (Å²) in [7, 11) is 0. The van der Waals surface area contributed by atoms with Gasteiger partial charge in [-0.1, -0.05) is 6.92 Å². The van der Waals surface area contributed by atoms with Crippen LogP contribution >= 0.6 is 0 Å². The van der Waals surface area contributed by atoms with Gasteiger partial charge >= 0.3 is 0 Å². The third-order valence-corrected chi connectivity index (χ3v) is 1.96. The van der Waals surface area contributed by atoms with E-state index in [1.165, 1.54) is 12.1 Å². The molecule has 1 amide bonds. The maximum atomic E-state index is 11.5. The molecule has 0 saturated heterocycles. The second-order valence-electron chi connectivity index (χ2n) is 3.07. The van der Waals surface area contributed by atoms with Crippen LogP contribution in [0.1, 0.15) is 23.8 Å². The molecule has 1 aromatic rings. The summed E-state index contributed by atoms with van der Waals surface area (Å²) >= 11 is 0. The highest BCUT2D eigenvalue weighted by molar-refractivity contribution is 5.92. The smallest absolute Gasteiger partial charge is 0.272 e. The SMILES string of the molecule is CCC(CO)NC(=O)c1ccc(=O)[nH]n1. The van der Waals surface area contributed by atoms with E-state index in [0.717, 1.165) is 0 Å². The van der Waals surface area contributed by atoms with E-state index in [1.807, 2.05) is 6.92 Å². The number of aliphatic hydroxyl groups excluding tert-OH is 1. The Labute approximate surface area is 86.3 Å². The minimum absolute atomic E-state index is 0.119. The molecule has 82 valence electrons. The quantitative estimate of drug-likeness (QED) is 0.612. The molecule has 0 aliphatic heterocycles. The van der Waals surface area contributed by atoms with Crippen molar-refractivity contribution in [3.8, 4) is 0 Å². The van der Waals surface area contributed by atoms with E-state index in [0.29, 0.717) is 6.42 Å². The van der Waals surface area contributed by atoms with Gasteiger partial charge in [0.25, 0.3) is 11.5 Å². The minimum Gasteiger partial charge on any atom is -0.394 e. The van der Waals surface area contributed by atoms with E-state index >= 15 is 0 Å². The number of rotatable bonds is 4. The van der Waals surface area contributed by atoms with Gasteiger partial charge in [0.1, 0.15) is 5.69 Å². The van der Waals surface area contributed by atoms with Crippen LogP contribution in [0.5, 0.6) is 0 Å². The van der Waals surface area contributed by atoms with Crippen LogP contribution in [-0.4, -0.2) is 33.9 Å². The summed E-state index contributed by atoms with van der Waals surface area (Å²) in [5.41, 5.74) is -0.234. The summed E-state index contributed by atoms with van der Waals surface area (Å²) in [6.45, 7) is 1.73. The van der Waals surface area contributed by atoms with Crippen molar-refractivity contribution in [3.63, 3.8) is 0 Å². The normalized spacial score (nSPS) is 12.1. The molecule has 1 unspecified atom stereocenters. The van der Waals surface area contributed by atoms with E-state index in [1.54, 1.807) is 0 Å². The first-order valence-electron chi connectivity index (χ1n) is 4.64. The molecule has 0 radical (unpaired) electrons. The van der Waals surface area contributed by atoms with E-state index in [9.17, 15) is 9.59 Å². The van der Waals surface area contributed by atoms with Gasteiger partial charge in [-0.3, -0.25) is 9.59 Å². The monoisotopic (exact) mass is 211 g/mol. The highest BCUT2D eigenvalue weighted by Gasteiger charge is 2.12. The van der Waals surface area contributed by atoms with Crippen molar-refractivity contribution in [3.05, 3.63) is 28.2 Å². The fourth-order valence-corrected chi connectivity index (χ4v) is 1.01. The summed E-state index contributed by atoms with van der Waals surface area (Å²) in [5, 5.41) is 17.2. The number of nitrogens with one attached hydrogen (secondary N) is 2. The first kappa shape index (κ1) is 11.4. The van der Waals surface area contributed by atoms with Crippen LogP contribution in [-0.2, 0) is 0 Å². The maximum Gasteiger partial charge on any atom is 0.272 e. The predicted octanol–water partition coefficient (Wildman–Crippen LogP) is -0.729. The molecule has 0 saturated carbocycles. The van der Waals surface area contributed by atoms with Crippen molar-refractivity contribution in [2.24, 2.45) is 0 Å². The van der Waals surface area contributed by atoms with Gasteiger partial charge in [-0.05, 0) is 12.5 Å². The van der Waals surface area contributed by atoms with Crippen molar-refractivity contribution in [2.45, 2.75) is 19.4 Å². The van der Waals surface area contributed by atoms with Crippen molar-refractivity contribution >= 4 is 5.91 Å². The number of aromatic amines is 1. The topological polar surface area (TPSA) is 95.1 Å². The van der Waals surface area contributed by atoms with Crippen molar-refractivity contribution in [2.75, 3.05) is 6.61 Å². The van der Waals surface area contributed by atoms with E-state index in [-0.39, 0.29) is 23.9 Å². The van der Waals surface area contributed by atoms with Crippen LogP contribution in [0.25, 0.3) is 0 Å². The predicted molar refractivity (Wildman–Crippen MR) is 53.5 cm³/mol. The maximum absolute atomic E-state index is 11.5. The number of hydrogen-bond acceptors (Lipinski definition) is 4. The molecule has 15 heavy (non-hydrogen) atoms. The largest absolute Gasteiger partial charge is 0.394 e. The van der Waals surface area contributed by atoms with Crippen LogP contribution in [0.2, 0.25) is 0 Å². The molecular weight excluding hydrogens is 198 g/mol. The summed E-state index contributed by atoms with van der Waals surface area (Å²) in [5.74, 6) is -0.410. The van der Waals surface area contributed by atoms with Gasteiger partial charge in [-0.25, -0.2) is 5.10 Å². The number of aliphatic hydroxyl groups is 1. The van der Waals surface area contributed by atoms with Crippen LogP contribution in [0, 0.1) is 0 Å². The van der Waals surface area contributed by atoms with Gasteiger partial charge in [-0.2, -0.15) is 5.10 Å². The van der Waals surface area contributed by atoms with Crippen LogP contribution < -0.4 is 10.9 Å². The molecule has 6 nitrogen and oxygen atoms in total. The van der Waals surface area contributed by atoms with E-state index < -0.39 is 5.91 Å². The number of amides is 1. The van der Waals surface area contributed by atoms with Crippen molar-refractivity contribution in [1.82, 2.24) is 15.5 Å². The Morgan fingerprint density at radius 1 is 1.67 bits per heavy atom. The Morgan fingerprint density at radius 3 is 2.87 bits per heavy atom. The lowest BCUT2D eigenvalue weighted by molar-refractivity contribution is 0.0908. The zero-order valence-corrected chi connectivity index (χ0v) is 8.36. The minimum atomic E-state index is -0.410. The average Bonchev–Trinajstić information content (AvgIpc) is 2.26. The second-order valence-corrected chi connectivity index (χ2v) is 3.07. The Hall–Kier alpha value is -1.69. The zero-order valence-electron chi connectivity index (χ0n) is 8.36. The number of hydrogen-bond donors (Lipinski definition) is 3. The molecule has 0 aliphatic carbocycles. The lowest BCUT2D eigenvalue weighted by Crippen LogP contribution is -2.37. The highest BCUT2D eigenvalue weighted by atomic mass is 16.3. The van der Waals surface area contributed by atoms with Crippen molar-refractivity contribution < 1.29 is 9.90 Å². The van der Waals surface area contributed by atoms with Crippen LogP contribution in [0.15, 0.2) is 16.9 Å². The van der Waals surface area contributed by atoms with Gasteiger partial charge < -0.3 is 10.4 Å². The Balaban J connectivity index is 2.68. The molecule has 1 heterocycles.